The Balaban J connectivity index is 1.99. The lowest BCUT2D eigenvalue weighted by atomic mass is 10.1. The monoisotopic (exact) mass is 443 g/mol. The maximum Gasteiger partial charge on any atom is 0.238 e. The fraction of sp³-hybridized carbons (Fsp3) is 0.353. The molecular weight excluding hydrogens is 422 g/mol. The number of carbonyl (C=O) groups is 1. The summed E-state index contributed by atoms with van der Waals surface area (Å²) in [5.74, 6) is -0.0967. The first kappa shape index (κ1) is 22.3. The summed E-state index contributed by atoms with van der Waals surface area (Å²) in [4.78, 5) is 17.5. The Kier molecular flexibility index (Phi) is 7.93. The van der Waals surface area contributed by atoms with Gasteiger partial charge in [0.15, 0.2) is 5.82 Å². The predicted octanol–water partition coefficient (Wildman–Crippen LogP) is 2.13. The molecule has 1 amide bonds. The van der Waals surface area contributed by atoms with Crippen LogP contribution in [-0.4, -0.2) is 47.9 Å². The summed E-state index contributed by atoms with van der Waals surface area (Å²) < 4.78 is 30.9. The first-order valence-electron chi connectivity index (χ1n) is 8.46. The lowest BCUT2D eigenvalue weighted by molar-refractivity contribution is -0.129. The highest BCUT2D eigenvalue weighted by atomic mass is 35.5. The average molecular weight is 444 g/mol. The molecule has 1 heterocycles. The number of halogens is 1. The van der Waals surface area contributed by atoms with E-state index in [2.05, 4.69) is 14.1 Å². The van der Waals surface area contributed by atoms with Crippen molar-refractivity contribution in [2.75, 3.05) is 24.1 Å². The molecule has 0 fully saturated rings. The van der Waals surface area contributed by atoms with Gasteiger partial charge in [-0.1, -0.05) is 35.9 Å². The van der Waals surface area contributed by atoms with E-state index in [1.807, 2.05) is 13.0 Å². The zero-order valence-corrected chi connectivity index (χ0v) is 17.9. The number of rotatable bonds is 9. The molecule has 0 aliphatic carbocycles. The largest absolute Gasteiger partial charge is 0.346 e. The van der Waals surface area contributed by atoms with Crippen molar-refractivity contribution in [1.82, 2.24) is 14.3 Å². The SMILES string of the molecule is CCN(C)C(=O)Cc1nsc(NS(=O)(=O)CC=Cc2cccc(Cl)c2CN)n1. The molecule has 0 aliphatic rings. The van der Waals surface area contributed by atoms with E-state index in [0.717, 1.165) is 22.7 Å². The quantitative estimate of drug-likeness (QED) is 0.612. The minimum Gasteiger partial charge on any atom is -0.346 e. The second kappa shape index (κ2) is 9.97. The van der Waals surface area contributed by atoms with Gasteiger partial charge in [0.2, 0.25) is 21.1 Å². The third-order valence-electron chi connectivity index (χ3n) is 3.89. The van der Waals surface area contributed by atoms with Crippen LogP contribution in [-0.2, 0) is 27.8 Å². The predicted molar refractivity (Wildman–Crippen MR) is 113 cm³/mol. The molecule has 0 radical (unpaired) electrons. The highest BCUT2D eigenvalue weighted by molar-refractivity contribution is 7.93. The van der Waals surface area contributed by atoms with Crippen molar-refractivity contribution in [3.05, 3.63) is 46.2 Å². The molecule has 28 heavy (non-hydrogen) atoms. The van der Waals surface area contributed by atoms with Gasteiger partial charge in [0.1, 0.15) is 0 Å². The van der Waals surface area contributed by atoms with Crippen LogP contribution in [0, 0.1) is 0 Å². The van der Waals surface area contributed by atoms with Crippen LogP contribution in [0.3, 0.4) is 0 Å². The van der Waals surface area contributed by atoms with Crippen LogP contribution in [0.15, 0.2) is 24.3 Å². The van der Waals surface area contributed by atoms with Crippen molar-refractivity contribution >= 4 is 50.3 Å². The Morgan fingerprint density at radius 1 is 1.43 bits per heavy atom. The summed E-state index contributed by atoms with van der Waals surface area (Å²) in [5, 5.41) is 0.663. The van der Waals surface area contributed by atoms with Crippen molar-refractivity contribution in [3.63, 3.8) is 0 Å². The number of likely N-dealkylation sites (N-methyl/N-ethyl adjacent to an activating group) is 1. The number of nitrogens with one attached hydrogen (secondary N) is 1. The van der Waals surface area contributed by atoms with E-state index in [-0.39, 0.29) is 35.6 Å². The maximum atomic E-state index is 12.2. The van der Waals surface area contributed by atoms with Gasteiger partial charge in [-0.15, -0.1) is 0 Å². The number of anilines is 1. The number of nitrogens with two attached hydrogens (primary N) is 1. The highest BCUT2D eigenvalue weighted by Crippen LogP contribution is 2.21. The van der Waals surface area contributed by atoms with Gasteiger partial charge in [0, 0.05) is 36.7 Å². The number of hydrogen-bond acceptors (Lipinski definition) is 7. The number of sulfonamides is 1. The van der Waals surface area contributed by atoms with Crippen LogP contribution in [0.1, 0.15) is 23.9 Å². The van der Waals surface area contributed by atoms with E-state index in [1.165, 1.54) is 6.08 Å². The summed E-state index contributed by atoms with van der Waals surface area (Å²) in [7, 11) is -1.98. The molecule has 1 aromatic heterocycles. The minimum atomic E-state index is -3.66. The number of benzene rings is 1. The first-order valence-corrected chi connectivity index (χ1v) is 11.3. The van der Waals surface area contributed by atoms with E-state index < -0.39 is 10.0 Å². The van der Waals surface area contributed by atoms with Gasteiger partial charge in [-0.25, -0.2) is 13.4 Å². The summed E-state index contributed by atoms with van der Waals surface area (Å²) >= 11 is 6.98. The molecule has 11 heteroatoms. The molecule has 0 spiro atoms. The molecule has 2 rings (SSSR count). The molecule has 8 nitrogen and oxygen atoms in total. The number of carbonyl (C=O) groups excluding carboxylic acids is 1. The first-order chi connectivity index (χ1) is 13.3. The average Bonchev–Trinajstić information content (AvgIpc) is 3.06. The summed E-state index contributed by atoms with van der Waals surface area (Å²) in [6, 6.07) is 5.31. The Labute approximate surface area is 173 Å². The van der Waals surface area contributed by atoms with Gasteiger partial charge in [-0.2, -0.15) is 4.37 Å². The van der Waals surface area contributed by atoms with E-state index in [1.54, 1.807) is 30.2 Å². The van der Waals surface area contributed by atoms with E-state index in [0.29, 0.717) is 11.6 Å². The van der Waals surface area contributed by atoms with Gasteiger partial charge < -0.3 is 10.6 Å². The van der Waals surface area contributed by atoms with Gasteiger partial charge in [-0.05, 0) is 24.1 Å². The van der Waals surface area contributed by atoms with Gasteiger partial charge in [0.05, 0.1) is 12.2 Å². The van der Waals surface area contributed by atoms with Crippen molar-refractivity contribution in [3.8, 4) is 0 Å². The van der Waals surface area contributed by atoms with Gasteiger partial charge in [-0.3, -0.25) is 9.52 Å². The molecular formula is C17H22ClN5O3S2. The standard InChI is InChI=1S/C17H22ClN5O3S2/c1-3-23(2)16(24)10-15-20-17(27-21-15)22-28(25,26)9-5-7-12-6-4-8-14(18)13(12)11-19/h4-8H,3,9-11,19H2,1-2H3,(H,20,21,22). The second-order valence-corrected chi connectivity index (χ2v) is 8.82. The Hall–Kier alpha value is -2.01. The van der Waals surface area contributed by atoms with Crippen LogP contribution >= 0.6 is 23.1 Å². The molecule has 152 valence electrons. The lowest BCUT2D eigenvalue weighted by Gasteiger charge is -2.12. The Bertz CT molecular complexity index is 959. The molecule has 0 aliphatic heterocycles. The fourth-order valence-corrected chi connectivity index (χ4v) is 4.21. The highest BCUT2D eigenvalue weighted by Gasteiger charge is 2.15. The fourth-order valence-electron chi connectivity index (χ4n) is 2.24. The summed E-state index contributed by atoms with van der Waals surface area (Å²) in [6.45, 7) is 2.69. The van der Waals surface area contributed by atoms with Crippen molar-refractivity contribution < 1.29 is 13.2 Å². The van der Waals surface area contributed by atoms with Crippen LogP contribution in [0.4, 0.5) is 5.13 Å². The zero-order valence-electron chi connectivity index (χ0n) is 15.6. The van der Waals surface area contributed by atoms with E-state index in [4.69, 9.17) is 17.3 Å². The molecule has 0 atom stereocenters. The number of amides is 1. The molecule has 0 saturated heterocycles. The Morgan fingerprint density at radius 2 is 2.18 bits per heavy atom. The number of aromatic nitrogens is 2. The molecule has 0 unspecified atom stereocenters. The smallest absolute Gasteiger partial charge is 0.238 e. The molecule has 0 bridgehead atoms. The van der Waals surface area contributed by atoms with E-state index >= 15 is 0 Å². The van der Waals surface area contributed by atoms with Crippen LogP contribution < -0.4 is 10.5 Å². The van der Waals surface area contributed by atoms with Crippen molar-refractivity contribution in [1.29, 1.82) is 0 Å². The lowest BCUT2D eigenvalue weighted by Crippen LogP contribution is -2.28. The van der Waals surface area contributed by atoms with Gasteiger partial charge >= 0.3 is 0 Å². The van der Waals surface area contributed by atoms with Crippen LogP contribution in [0.5, 0.6) is 0 Å². The van der Waals surface area contributed by atoms with E-state index in [9.17, 15) is 13.2 Å². The number of nitrogens with zero attached hydrogens (tertiary/aromatic N) is 3. The molecule has 2 aromatic rings. The van der Waals surface area contributed by atoms with Crippen LogP contribution in [0.2, 0.25) is 5.02 Å². The van der Waals surface area contributed by atoms with Crippen molar-refractivity contribution in [2.24, 2.45) is 5.73 Å². The summed E-state index contributed by atoms with van der Waals surface area (Å²) in [6.07, 6.45) is 3.20. The molecule has 0 saturated carbocycles. The summed E-state index contributed by atoms with van der Waals surface area (Å²) in [5.41, 5.74) is 7.20. The number of hydrogen-bond donors (Lipinski definition) is 2. The molecule has 3 N–H and O–H groups in total. The third-order valence-corrected chi connectivity index (χ3v) is 6.18. The van der Waals surface area contributed by atoms with Crippen LogP contribution in [0.25, 0.3) is 6.08 Å². The zero-order chi connectivity index (χ0) is 20.7. The minimum absolute atomic E-state index is 0.0269. The molecule has 1 aromatic carbocycles. The topological polar surface area (TPSA) is 118 Å². The normalized spacial score (nSPS) is 11.7. The van der Waals surface area contributed by atoms with Crippen molar-refractivity contribution in [2.45, 2.75) is 19.9 Å². The van der Waals surface area contributed by atoms with Gasteiger partial charge in [0.25, 0.3) is 0 Å². The maximum absolute atomic E-state index is 12.2. The Morgan fingerprint density at radius 3 is 2.86 bits per heavy atom. The third kappa shape index (κ3) is 6.26. The second-order valence-electron chi connectivity index (χ2n) is 5.90.